The van der Waals surface area contributed by atoms with Crippen LogP contribution in [0.15, 0.2) is 194 Å². The molecule has 0 spiro atoms. The second-order valence-electron chi connectivity index (χ2n) is 23.1. The van der Waals surface area contributed by atoms with E-state index in [2.05, 4.69) is 252 Å². The van der Waals surface area contributed by atoms with E-state index in [1.807, 2.05) is 22.7 Å². The first kappa shape index (κ1) is 44.5. The Morgan fingerprint density at radius 2 is 1.14 bits per heavy atom. The Morgan fingerprint density at radius 1 is 0.479 bits per heavy atom. The molecule has 14 rings (SSSR count). The Kier molecular flexibility index (Phi) is 9.86. The number of para-hydroxylation sites is 2. The van der Waals surface area contributed by atoms with Crippen LogP contribution in [0.3, 0.4) is 0 Å². The van der Waals surface area contributed by atoms with E-state index >= 15 is 0 Å². The van der Waals surface area contributed by atoms with Gasteiger partial charge in [0, 0.05) is 64.3 Å². The third-order valence-electron chi connectivity index (χ3n) is 16.7. The maximum Gasteiger partial charge on any atom is 0.260 e. The molecule has 1 aliphatic carbocycles. The minimum absolute atomic E-state index is 0.0482. The number of hydrogen-bond acceptors (Lipinski definition) is 4. The third-order valence-corrected chi connectivity index (χ3v) is 19.0. The van der Waals surface area contributed by atoms with E-state index in [1.54, 1.807) is 0 Å². The number of hydrogen-bond donors (Lipinski definition) is 0. The van der Waals surface area contributed by atoms with Crippen molar-refractivity contribution >= 4 is 109 Å². The van der Waals surface area contributed by atoms with Gasteiger partial charge < -0.3 is 9.80 Å². The van der Waals surface area contributed by atoms with Gasteiger partial charge >= 0.3 is 0 Å². The molecule has 0 saturated carbocycles. The van der Waals surface area contributed by atoms with E-state index < -0.39 is 0 Å². The number of anilines is 6. The van der Waals surface area contributed by atoms with Crippen molar-refractivity contribution in [3.05, 3.63) is 211 Å². The second kappa shape index (κ2) is 16.2. The summed E-state index contributed by atoms with van der Waals surface area (Å²) in [5.41, 5.74) is 22.0. The monoisotopic (exact) mass is 976 g/mol. The Morgan fingerprint density at radius 3 is 1.85 bits per heavy atom. The van der Waals surface area contributed by atoms with E-state index in [1.165, 1.54) is 126 Å². The van der Waals surface area contributed by atoms with Crippen LogP contribution >= 0.6 is 22.7 Å². The van der Waals surface area contributed by atoms with E-state index in [0.29, 0.717) is 0 Å². The van der Waals surface area contributed by atoms with Crippen molar-refractivity contribution < 1.29 is 0 Å². The largest absolute Gasteiger partial charge is 0.311 e. The zero-order valence-corrected chi connectivity index (χ0v) is 44.3. The normalized spacial score (nSPS) is 15.1. The molecule has 0 N–H and O–H groups in total. The van der Waals surface area contributed by atoms with Gasteiger partial charge in [0.2, 0.25) is 0 Å². The summed E-state index contributed by atoms with van der Waals surface area (Å²) < 4.78 is 5.51. The van der Waals surface area contributed by atoms with Gasteiger partial charge in [-0.3, -0.25) is 0 Å². The molecule has 73 heavy (non-hydrogen) atoms. The van der Waals surface area contributed by atoms with Crippen molar-refractivity contribution in [3.63, 3.8) is 0 Å². The van der Waals surface area contributed by atoms with Crippen molar-refractivity contribution in [3.8, 4) is 33.4 Å². The van der Waals surface area contributed by atoms with E-state index in [4.69, 9.17) is 0 Å². The fourth-order valence-corrected chi connectivity index (χ4v) is 15.2. The van der Waals surface area contributed by atoms with Crippen LogP contribution in [0.5, 0.6) is 0 Å². The van der Waals surface area contributed by atoms with E-state index in [0.717, 1.165) is 17.1 Å². The number of fused-ring (bicyclic) bond motifs is 11. The van der Waals surface area contributed by atoms with Crippen LogP contribution in [0, 0.1) is 0 Å². The van der Waals surface area contributed by atoms with Gasteiger partial charge in [-0.1, -0.05) is 158 Å². The molecule has 0 unspecified atom stereocenters. The van der Waals surface area contributed by atoms with Gasteiger partial charge in [-0.15, -0.1) is 22.7 Å². The third kappa shape index (κ3) is 6.88. The van der Waals surface area contributed by atoms with Crippen LogP contribution in [-0.2, 0) is 16.2 Å². The predicted octanol–water partition coefficient (Wildman–Crippen LogP) is 18.0. The fourth-order valence-electron chi connectivity index (χ4n) is 12.7. The Labute approximate surface area is 438 Å². The molecule has 0 bridgehead atoms. The summed E-state index contributed by atoms with van der Waals surface area (Å²) in [6.07, 6.45) is 2.38. The number of nitrogens with zero attached hydrogens (tertiary/aromatic N) is 2. The van der Waals surface area contributed by atoms with Crippen LogP contribution in [0.4, 0.5) is 34.1 Å². The number of thiophene rings is 2. The quantitative estimate of drug-likeness (QED) is 0.153. The van der Waals surface area contributed by atoms with Gasteiger partial charge in [-0.2, -0.15) is 0 Å². The topological polar surface area (TPSA) is 6.48 Å². The maximum absolute atomic E-state index is 2.67. The smallest absolute Gasteiger partial charge is 0.260 e. The zero-order chi connectivity index (χ0) is 49.5. The highest BCUT2D eigenvalue weighted by molar-refractivity contribution is 7.34. The van der Waals surface area contributed by atoms with Crippen LogP contribution in [0.2, 0.25) is 0 Å². The molecule has 354 valence electrons. The standard InChI is InChI=1S/C68H57BN2S2/c1-66(2,3)44-30-33-56(50(38-44)42-20-11-8-12-21-42)71-57-39-47(70(45-22-13-9-14-23-45)46-24-15-10-16-25-46)31-32-55(57)69-64-52(63-51-40-53-54(41-61(51)73-65(63)69)68(6,7)35-34-67(53,4)5)36-43(37-58(64)71)48-27-19-29-60-62(48)49-26-17-18-28-59(49)72-60/h8-33,36-41H,34-35H2,1-7H3. The van der Waals surface area contributed by atoms with Crippen molar-refractivity contribution in [1.82, 2.24) is 0 Å². The predicted molar refractivity (Wildman–Crippen MR) is 319 cm³/mol. The summed E-state index contributed by atoms with van der Waals surface area (Å²) in [5.74, 6) is 0. The maximum atomic E-state index is 2.67. The summed E-state index contributed by atoms with van der Waals surface area (Å²) in [6, 6.07) is 73.8. The van der Waals surface area contributed by atoms with Crippen molar-refractivity contribution in [2.24, 2.45) is 0 Å². The highest BCUT2D eigenvalue weighted by Gasteiger charge is 2.47. The van der Waals surface area contributed by atoms with Crippen LogP contribution < -0.4 is 25.5 Å². The van der Waals surface area contributed by atoms with Gasteiger partial charge in [0.15, 0.2) is 0 Å². The van der Waals surface area contributed by atoms with Crippen LogP contribution in [-0.4, -0.2) is 6.71 Å². The fraction of sp³-hybridized carbons (Fsp3) is 0.176. The molecule has 0 amide bonds. The zero-order valence-electron chi connectivity index (χ0n) is 42.7. The Bertz CT molecular complexity index is 3990. The summed E-state index contributed by atoms with van der Waals surface area (Å²) in [4.78, 5) is 5.09. The minimum atomic E-state index is -0.0482. The molecule has 3 aliphatic rings. The highest BCUT2D eigenvalue weighted by atomic mass is 32.1. The Hall–Kier alpha value is -7.18. The molecule has 5 heteroatoms. The number of rotatable bonds is 6. The first-order valence-corrected chi connectivity index (χ1v) is 27.7. The summed E-state index contributed by atoms with van der Waals surface area (Å²) in [5, 5.41) is 4.06. The molecule has 9 aromatic carbocycles. The van der Waals surface area contributed by atoms with Gasteiger partial charge in [-0.05, 0) is 174 Å². The molecule has 0 radical (unpaired) electrons. The van der Waals surface area contributed by atoms with Crippen molar-refractivity contribution in [2.75, 3.05) is 9.80 Å². The molecule has 0 saturated heterocycles. The van der Waals surface area contributed by atoms with Crippen molar-refractivity contribution in [1.29, 1.82) is 0 Å². The first-order chi connectivity index (χ1) is 35.3. The Balaban J connectivity index is 1.12. The summed E-state index contributed by atoms with van der Waals surface area (Å²) in [6.45, 7) is 16.9. The summed E-state index contributed by atoms with van der Waals surface area (Å²) >= 11 is 3.94. The van der Waals surface area contributed by atoms with Gasteiger partial charge in [0.05, 0.1) is 5.69 Å². The highest BCUT2D eigenvalue weighted by Crippen LogP contribution is 2.54. The second-order valence-corrected chi connectivity index (χ2v) is 25.3. The number of benzene rings is 9. The van der Waals surface area contributed by atoms with E-state index in [9.17, 15) is 0 Å². The van der Waals surface area contributed by atoms with Crippen LogP contribution in [0.1, 0.15) is 78.0 Å². The van der Waals surface area contributed by atoms with Crippen molar-refractivity contribution in [2.45, 2.75) is 77.6 Å². The average Bonchev–Trinajstić information content (AvgIpc) is 4.09. The van der Waals surface area contributed by atoms with E-state index in [-0.39, 0.29) is 23.0 Å². The SMILES string of the molecule is CC(C)(C)c1ccc(N2c3cc(N(c4ccccc4)c4ccccc4)ccc3B3c4sc5cc6c(cc5c4-c4cc(-c5cccc7sc8ccccc8c57)cc2c43)C(C)(C)CCC6(C)C)c(-c2ccccc2)c1. The molecule has 2 aromatic heterocycles. The lowest BCUT2D eigenvalue weighted by Gasteiger charge is -2.42. The lowest BCUT2D eigenvalue weighted by atomic mass is 9.39. The molecule has 2 aliphatic heterocycles. The first-order valence-electron chi connectivity index (χ1n) is 26.1. The van der Waals surface area contributed by atoms with Gasteiger partial charge in [-0.25, -0.2) is 0 Å². The lowest BCUT2D eigenvalue weighted by molar-refractivity contribution is 0.332. The molecular weight excluding hydrogens is 920 g/mol. The van der Waals surface area contributed by atoms with Crippen LogP contribution in [0.25, 0.3) is 63.6 Å². The minimum Gasteiger partial charge on any atom is -0.311 e. The summed E-state index contributed by atoms with van der Waals surface area (Å²) in [7, 11) is 0. The lowest BCUT2D eigenvalue weighted by Crippen LogP contribution is -2.54. The van der Waals surface area contributed by atoms with Gasteiger partial charge in [0.25, 0.3) is 6.71 Å². The van der Waals surface area contributed by atoms with Gasteiger partial charge in [0.1, 0.15) is 0 Å². The molecule has 11 aromatic rings. The molecule has 2 nitrogen and oxygen atoms in total. The molecule has 0 atom stereocenters. The molecule has 0 fully saturated rings. The molecular formula is C68H57BN2S2. The molecule has 4 heterocycles. The average molecular weight is 977 g/mol.